The zero-order valence-electron chi connectivity index (χ0n) is 7.71. The van der Waals surface area contributed by atoms with E-state index in [2.05, 4.69) is 6.92 Å². The van der Waals surface area contributed by atoms with Crippen molar-refractivity contribution in [3.8, 4) is 0 Å². The second-order valence-electron chi connectivity index (χ2n) is 3.19. The number of hydrogen-bond acceptors (Lipinski definition) is 1. The molecule has 12 heavy (non-hydrogen) atoms. The van der Waals surface area contributed by atoms with Crippen LogP contribution in [0.4, 0.5) is 0 Å². The lowest BCUT2D eigenvalue weighted by Gasteiger charge is -2.26. The van der Waals surface area contributed by atoms with Crippen LogP contribution in [0.25, 0.3) is 0 Å². The monoisotopic (exact) mass is 235 g/mol. The summed E-state index contributed by atoms with van der Waals surface area (Å²) >= 11 is 0. The van der Waals surface area contributed by atoms with Gasteiger partial charge in [0.15, 0.2) is 0 Å². The zero-order chi connectivity index (χ0) is 8.10. The van der Waals surface area contributed by atoms with Gasteiger partial charge in [0.1, 0.15) is 0 Å². The summed E-state index contributed by atoms with van der Waals surface area (Å²) in [6.45, 7) is 4.06. The third kappa shape index (κ3) is 3.57. The van der Waals surface area contributed by atoms with Gasteiger partial charge in [-0.1, -0.05) is 6.92 Å². The van der Waals surface area contributed by atoms with E-state index in [9.17, 15) is 4.79 Å². The fraction of sp³-hybridized carbons (Fsp3) is 0.889. The van der Waals surface area contributed by atoms with Gasteiger partial charge in [0, 0.05) is 19.5 Å². The van der Waals surface area contributed by atoms with Crippen molar-refractivity contribution in [1.82, 2.24) is 4.90 Å². The summed E-state index contributed by atoms with van der Waals surface area (Å²) < 4.78 is 0. The standard InChI is InChI=1S/C9H17NO.BrH/c1-2-6-9(11)10-7-4-3-5-8-10;/h2-8H2,1H3;1H. The maximum atomic E-state index is 11.3. The molecule has 0 aromatic carbocycles. The topological polar surface area (TPSA) is 20.3 Å². The summed E-state index contributed by atoms with van der Waals surface area (Å²) in [6, 6.07) is 0. The summed E-state index contributed by atoms with van der Waals surface area (Å²) in [5.41, 5.74) is 0. The highest BCUT2D eigenvalue weighted by Crippen LogP contribution is 2.10. The Kier molecular flexibility index (Phi) is 6.44. The molecule has 0 atom stereocenters. The van der Waals surface area contributed by atoms with E-state index in [0.29, 0.717) is 5.91 Å². The molecule has 0 aromatic rings. The fourth-order valence-corrected chi connectivity index (χ4v) is 1.52. The molecule has 1 amide bonds. The minimum atomic E-state index is 0. The first-order chi connectivity index (χ1) is 5.34. The molecule has 0 bridgehead atoms. The van der Waals surface area contributed by atoms with Crippen LogP contribution in [-0.2, 0) is 4.79 Å². The Hall–Kier alpha value is -0.0500. The highest BCUT2D eigenvalue weighted by atomic mass is 79.9. The van der Waals surface area contributed by atoms with Crippen LogP contribution < -0.4 is 0 Å². The highest BCUT2D eigenvalue weighted by molar-refractivity contribution is 8.93. The number of likely N-dealkylation sites (tertiary alicyclic amines) is 1. The molecule has 1 aliphatic heterocycles. The maximum absolute atomic E-state index is 11.3. The van der Waals surface area contributed by atoms with E-state index in [0.717, 1.165) is 25.9 Å². The predicted molar refractivity (Wildman–Crippen MR) is 55.7 cm³/mol. The van der Waals surface area contributed by atoms with Crippen molar-refractivity contribution in [1.29, 1.82) is 0 Å². The van der Waals surface area contributed by atoms with Gasteiger partial charge in [0.2, 0.25) is 5.91 Å². The van der Waals surface area contributed by atoms with Gasteiger partial charge in [-0.15, -0.1) is 17.0 Å². The van der Waals surface area contributed by atoms with Gasteiger partial charge >= 0.3 is 0 Å². The quantitative estimate of drug-likeness (QED) is 0.720. The third-order valence-electron chi connectivity index (χ3n) is 2.17. The Morgan fingerprint density at radius 3 is 2.33 bits per heavy atom. The molecule has 0 aromatic heterocycles. The summed E-state index contributed by atoms with van der Waals surface area (Å²) in [6.07, 6.45) is 5.43. The van der Waals surface area contributed by atoms with Gasteiger partial charge < -0.3 is 4.90 Å². The van der Waals surface area contributed by atoms with Gasteiger partial charge in [-0.25, -0.2) is 0 Å². The fourth-order valence-electron chi connectivity index (χ4n) is 1.52. The van der Waals surface area contributed by atoms with Crippen molar-refractivity contribution in [2.24, 2.45) is 0 Å². The number of carbonyl (C=O) groups excluding carboxylic acids is 1. The molecular formula is C9H18BrNO. The van der Waals surface area contributed by atoms with Gasteiger partial charge in [0.25, 0.3) is 0 Å². The van der Waals surface area contributed by atoms with E-state index in [1.54, 1.807) is 0 Å². The van der Waals surface area contributed by atoms with Crippen LogP contribution in [0.2, 0.25) is 0 Å². The summed E-state index contributed by atoms with van der Waals surface area (Å²) in [5.74, 6) is 0.354. The average molecular weight is 236 g/mol. The van der Waals surface area contributed by atoms with Crippen LogP contribution in [0.5, 0.6) is 0 Å². The zero-order valence-corrected chi connectivity index (χ0v) is 9.43. The minimum absolute atomic E-state index is 0. The molecule has 1 fully saturated rings. The highest BCUT2D eigenvalue weighted by Gasteiger charge is 2.14. The van der Waals surface area contributed by atoms with Crippen molar-refractivity contribution >= 4 is 22.9 Å². The van der Waals surface area contributed by atoms with Crippen LogP contribution in [0.15, 0.2) is 0 Å². The van der Waals surface area contributed by atoms with E-state index in [4.69, 9.17) is 0 Å². The summed E-state index contributed by atoms with van der Waals surface area (Å²) in [7, 11) is 0. The van der Waals surface area contributed by atoms with Gasteiger partial charge in [-0.05, 0) is 25.7 Å². The van der Waals surface area contributed by atoms with E-state index in [-0.39, 0.29) is 17.0 Å². The first-order valence-corrected chi connectivity index (χ1v) is 4.62. The first-order valence-electron chi connectivity index (χ1n) is 4.62. The smallest absolute Gasteiger partial charge is 0.222 e. The van der Waals surface area contributed by atoms with Crippen molar-refractivity contribution in [3.63, 3.8) is 0 Å². The van der Waals surface area contributed by atoms with Gasteiger partial charge in [-0.2, -0.15) is 0 Å². The average Bonchev–Trinajstić information content (AvgIpc) is 2.07. The lowest BCUT2D eigenvalue weighted by atomic mass is 10.1. The Bertz CT molecular complexity index is 132. The third-order valence-corrected chi connectivity index (χ3v) is 2.17. The van der Waals surface area contributed by atoms with Gasteiger partial charge in [-0.3, -0.25) is 4.79 Å². The molecule has 0 spiro atoms. The lowest BCUT2D eigenvalue weighted by Crippen LogP contribution is -2.35. The van der Waals surface area contributed by atoms with Crippen molar-refractivity contribution < 1.29 is 4.79 Å². The second-order valence-corrected chi connectivity index (χ2v) is 3.19. The molecule has 0 saturated carbocycles. The van der Waals surface area contributed by atoms with E-state index in [1.165, 1.54) is 19.3 Å². The normalized spacial score (nSPS) is 16.9. The summed E-state index contributed by atoms with van der Waals surface area (Å²) in [5, 5.41) is 0. The SMILES string of the molecule is Br.CCCC(=O)N1CCCCC1. The van der Waals surface area contributed by atoms with Crippen LogP contribution >= 0.6 is 17.0 Å². The largest absolute Gasteiger partial charge is 0.343 e. The second kappa shape index (κ2) is 6.46. The molecule has 1 rings (SSSR count). The number of hydrogen-bond donors (Lipinski definition) is 0. The molecule has 1 saturated heterocycles. The molecule has 1 heterocycles. The van der Waals surface area contributed by atoms with Crippen molar-refractivity contribution in [2.45, 2.75) is 39.0 Å². The number of carbonyl (C=O) groups is 1. The van der Waals surface area contributed by atoms with Crippen LogP contribution in [0.3, 0.4) is 0 Å². The van der Waals surface area contributed by atoms with Gasteiger partial charge in [0.05, 0.1) is 0 Å². The Labute approximate surface area is 85.1 Å². The molecule has 72 valence electrons. The molecule has 0 radical (unpaired) electrons. The minimum Gasteiger partial charge on any atom is -0.343 e. The number of amides is 1. The summed E-state index contributed by atoms with van der Waals surface area (Å²) in [4.78, 5) is 13.3. The number of nitrogens with zero attached hydrogens (tertiary/aromatic N) is 1. The molecule has 2 nitrogen and oxygen atoms in total. The Morgan fingerprint density at radius 1 is 1.25 bits per heavy atom. The molecule has 0 unspecified atom stereocenters. The van der Waals surface area contributed by atoms with Crippen molar-refractivity contribution in [3.05, 3.63) is 0 Å². The van der Waals surface area contributed by atoms with E-state index < -0.39 is 0 Å². The molecule has 1 aliphatic rings. The Balaban J connectivity index is 0.00000121. The molecule has 0 N–H and O–H groups in total. The molecular weight excluding hydrogens is 218 g/mol. The van der Waals surface area contributed by atoms with Crippen LogP contribution in [0.1, 0.15) is 39.0 Å². The van der Waals surface area contributed by atoms with E-state index >= 15 is 0 Å². The number of piperidine rings is 1. The van der Waals surface area contributed by atoms with E-state index in [1.807, 2.05) is 4.90 Å². The van der Waals surface area contributed by atoms with Crippen LogP contribution in [-0.4, -0.2) is 23.9 Å². The number of halogens is 1. The first kappa shape index (κ1) is 11.9. The van der Waals surface area contributed by atoms with Crippen molar-refractivity contribution in [2.75, 3.05) is 13.1 Å². The molecule has 3 heteroatoms. The van der Waals surface area contributed by atoms with Crippen LogP contribution in [0, 0.1) is 0 Å². The Morgan fingerprint density at radius 2 is 1.83 bits per heavy atom. The maximum Gasteiger partial charge on any atom is 0.222 e. The lowest BCUT2D eigenvalue weighted by molar-refractivity contribution is -0.132. The molecule has 0 aliphatic carbocycles. The number of rotatable bonds is 2. The predicted octanol–water partition coefficient (Wildman–Crippen LogP) is 2.38.